The predicted octanol–water partition coefficient (Wildman–Crippen LogP) is 4.14. The van der Waals surface area contributed by atoms with Crippen molar-refractivity contribution in [3.63, 3.8) is 0 Å². The average molecular weight is 282 g/mol. The van der Waals surface area contributed by atoms with E-state index in [0.717, 1.165) is 39.0 Å². The van der Waals surface area contributed by atoms with Gasteiger partial charge in [0, 0.05) is 16.5 Å². The molecule has 0 amide bonds. The van der Waals surface area contributed by atoms with Gasteiger partial charge in [-0.3, -0.25) is 0 Å². The summed E-state index contributed by atoms with van der Waals surface area (Å²) < 4.78 is 11.0. The van der Waals surface area contributed by atoms with Crippen LogP contribution in [0.3, 0.4) is 0 Å². The number of benzene rings is 2. The van der Waals surface area contributed by atoms with Gasteiger partial charge in [0.25, 0.3) is 0 Å². The van der Waals surface area contributed by atoms with Gasteiger partial charge in [-0.05, 0) is 31.0 Å². The molecule has 2 aromatic carbocycles. The third kappa shape index (κ3) is 2.20. The molecule has 21 heavy (non-hydrogen) atoms. The van der Waals surface area contributed by atoms with E-state index in [0.29, 0.717) is 0 Å². The van der Waals surface area contributed by atoms with Gasteiger partial charge in [-0.25, -0.2) is 0 Å². The molecular weight excluding hydrogens is 264 g/mol. The quantitative estimate of drug-likeness (QED) is 0.785. The molecule has 0 aliphatic heterocycles. The molecule has 0 fully saturated rings. The molecular formula is C18H18O3. The molecule has 3 aromatic rings. The third-order valence-corrected chi connectivity index (χ3v) is 4.01. The van der Waals surface area contributed by atoms with E-state index in [-0.39, 0.29) is 0 Å². The normalized spacial score (nSPS) is 12.6. The van der Waals surface area contributed by atoms with E-state index < -0.39 is 6.10 Å². The second kappa shape index (κ2) is 5.26. The van der Waals surface area contributed by atoms with Crippen LogP contribution >= 0.6 is 0 Å². The standard InChI is InChI=1S/C18H18O3/c1-11-8-9-14(18(20-3)12(11)2)17(19)15-10-21-16-7-5-4-6-13(15)16/h4-10,17,19H,1-3H3. The molecule has 1 aromatic heterocycles. The predicted molar refractivity (Wildman–Crippen MR) is 82.7 cm³/mol. The first-order valence-electron chi connectivity index (χ1n) is 6.91. The zero-order valence-corrected chi connectivity index (χ0v) is 12.4. The minimum absolute atomic E-state index is 0.729. The monoisotopic (exact) mass is 282 g/mol. The summed E-state index contributed by atoms with van der Waals surface area (Å²) in [5.74, 6) is 0.729. The Morgan fingerprint density at radius 1 is 1.05 bits per heavy atom. The molecule has 1 atom stereocenters. The number of ether oxygens (including phenoxy) is 1. The van der Waals surface area contributed by atoms with Gasteiger partial charge in [-0.2, -0.15) is 0 Å². The minimum atomic E-state index is -0.775. The van der Waals surface area contributed by atoms with Crippen molar-refractivity contribution < 1.29 is 14.3 Å². The van der Waals surface area contributed by atoms with Crippen molar-refractivity contribution in [2.45, 2.75) is 20.0 Å². The summed E-state index contributed by atoms with van der Waals surface area (Å²) in [5.41, 5.74) is 4.47. The van der Waals surface area contributed by atoms with E-state index in [1.807, 2.05) is 50.2 Å². The number of para-hydroxylation sites is 1. The van der Waals surface area contributed by atoms with Crippen molar-refractivity contribution in [3.8, 4) is 5.75 Å². The fraction of sp³-hybridized carbons (Fsp3) is 0.222. The number of aryl methyl sites for hydroxylation is 1. The fourth-order valence-electron chi connectivity index (χ4n) is 2.67. The molecule has 0 aliphatic rings. The van der Waals surface area contributed by atoms with Gasteiger partial charge in [-0.15, -0.1) is 0 Å². The van der Waals surface area contributed by atoms with Crippen LogP contribution in [0.25, 0.3) is 11.0 Å². The Hall–Kier alpha value is -2.26. The lowest BCUT2D eigenvalue weighted by Gasteiger charge is -2.17. The lowest BCUT2D eigenvalue weighted by molar-refractivity contribution is 0.214. The summed E-state index contributed by atoms with van der Waals surface area (Å²) in [6.07, 6.45) is 0.840. The van der Waals surface area contributed by atoms with E-state index in [9.17, 15) is 5.11 Å². The summed E-state index contributed by atoms with van der Waals surface area (Å²) in [6.45, 7) is 4.03. The first-order chi connectivity index (χ1) is 10.1. The van der Waals surface area contributed by atoms with E-state index >= 15 is 0 Å². The van der Waals surface area contributed by atoms with Gasteiger partial charge >= 0.3 is 0 Å². The fourth-order valence-corrected chi connectivity index (χ4v) is 2.67. The average Bonchev–Trinajstić information content (AvgIpc) is 2.93. The van der Waals surface area contributed by atoms with Crippen LogP contribution in [-0.2, 0) is 0 Å². The Bertz CT molecular complexity index is 786. The number of aliphatic hydroxyl groups excluding tert-OH is 1. The van der Waals surface area contributed by atoms with Crippen LogP contribution in [0, 0.1) is 13.8 Å². The molecule has 0 saturated heterocycles. The Balaban J connectivity index is 2.14. The molecule has 0 bridgehead atoms. The molecule has 108 valence electrons. The van der Waals surface area contributed by atoms with Crippen LogP contribution in [-0.4, -0.2) is 12.2 Å². The Morgan fingerprint density at radius 3 is 2.57 bits per heavy atom. The van der Waals surface area contributed by atoms with Crippen molar-refractivity contribution in [2.24, 2.45) is 0 Å². The van der Waals surface area contributed by atoms with Gasteiger partial charge in [0.15, 0.2) is 0 Å². The maximum Gasteiger partial charge on any atom is 0.134 e. The molecule has 0 spiro atoms. The lowest BCUT2D eigenvalue weighted by Crippen LogP contribution is -2.04. The highest BCUT2D eigenvalue weighted by Crippen LogP contribution is 2.37. The summed E-state index contributed by atoms with van der Waals surface area (Å²) in [4.78, 5) is 0. The summed E-state index contributed by atoms with van der Waals surface area (Å²) in [5, 5.41) is 11.7. The van der Waals surface area contributed by atoms with Gasteiger partial charge < -0.3 is 14.3 Å². The highest BCUT2D eigenvalue weighted by atomic mass is 16.5. The highest BCUT2D eigenvalue weighted by Gasteiger charge is 2.21. The van der Waals surface area contributed by atoms with E-state index in [1.165, 1.54) is 0 Å². The van der Waals surface area contributed by atoms with Gasteiger partial charge in [0.2, 0.25) is 0 Å². The number of hydrogen-bond donors (Lipinski definition) is 1. The first-order valence-corrected chi connectivity index (χ1v) is 6.91. The number of rotatable bonds is 3. The number of methoxy groups -OCH3 is 1. The number of aliphatic hydroxyl groups is 1. The van der Waals surface area contributed by atoms with Gasteiger partial charge in [-0.1, -0.05) is 30.3 Å². The summed E-state index contributed by atoms with van der Waals surface area (Å²) in [6, 6.07) is 11.6. The largest absolute Gasteiger partial charge is 0.496 e. The van der Waals surface area contributed by atoms with Crippen LogP contribution in [0.5, 0.6) is 5.75 Å². The van der Waals surface area contributed by atoms with Crippen molar-refractivity contribution >= 4 is 11.0 Å². The van der Waals surface area contributed by atoms with Crippen LogP contribution in [0.4, 0.5) is 0 Å². The molecule has 0 saturated carbocycles. The van der Waals surface area contributed by atoms with Crippen LogP contribution < -0.4 is 4.74 Å². The zero-order valence-electron chi connectivity index (χ0n) is 12.4. The van der Waals surface area contributed by atoms with Gasteiger partial charge in [0.1, 0.15) is 17.4 Å². The highest BCUT2D eigenvalue weighted by molar-refractivity contribution is 5.81. The maximum atomic E-state index is 10.8. The Labute approximate surface area is 123 Å². The lowest BCUT2D eigenvalue weighted by atomic mass is 9.96. The Kier molecular flexibility index (Phi) is 3.43. The van der Waals surface area contributed by atoms with E-state index in [2.05, 4.69) is 0 Å². The number of hydrogen-bond acceptors (Lipinski definition) is 3. The number of furan rings is 1. The topological polar surface area (TPSA) is 42.6 Å². The second-order valence-electron chi connectivity index (χ2n) is 5.22. The van der Waals surface area contributed by atoms with Crippen molar-refractivity contribution in [1.82, 2.24) is 0 Å². The minimum Gasteiger partial charge on any atom is -0.496 e. The second-order valence-corrected chi connectivity index (χ2v) is 5.22. The van der Waals surface area contributed by atoms with Crippen molar-refractivity contribution in [2.75, 3.05) is 7.11 Å². The molecule has 3 heteroatoms. The van der Waals surface area contributed by atoms with Crippen LogP contribution in [0.15, 0.2) is 47.1 Å². The van der Waals surface area contributed by atoms with Crippen molar-refractivity contribution in [1.29, 1.82) is 0 Å². The molecule has 1 heterocycles. The smallest absolute Gasteiger partial charge is 0.134 e. The van der Waals surface area contributed by atoms with Crippen molar-refractivity contribution in [3.05, 3.63) is 64.9 Å². The number of fused-ring (bicyclic) bond motifs is 1. The molecule has 3 nitrogen and oxygen atoms in total. The third-order valence-electron chi connectivity index (χ3n) is 4.01. The molecule has 1 unspecified atom stereocenters. The molecule has 3 rings (SSSR count). The molecule has 0 aliphatic carbocycles. The molecule has 1 N–H and O–H groups in total. The SMILES string of the molecule is COc1c(C(O)c2coc3ccccc23)ccc(C)c1C. The van der Waals surface area contributed by atoms with E-state index in [4.69, 9.17) is 9.15 Å². The summed E-state index contributed by atoms with van der Waals surface area (Å²) in [7, 11) is 1.63. The summed E-state index contributed by atoms with van der Waals surface area (Å²) >= 11 is 0. The maximum absolute atomic E-state index is 10.8. The Morgan fingerprint density at radius 2 is 1.81 bits per heavy atom. The molecule has 0 radical (unpaired) electrons. The van der Waals surface area contributed by atoms with E-state index in [1.54, 1.807) is 13.4 Å². The zero-order chi connectivity index (χ0) is 15.0. The van der Waals surface area contributed by atoms with Crippen LogP contribution in [0.1, 0.15) is 28.4 Å². The first kappa shape index (κ1) is 13.7. The van der Waals surface area contributed by atoms with Crippen LogP contribution in [0.2, 0.25) is 0 Å². The van der Waals surface area contributed by atoms with Gasteiger partial charge in [0.05, 0.1) is 13.4 Å².